The van der Waals surface area contributed by atoms with Crippen LogP contribution in [0.5, 0.6) is 0 Å². The van der Waals surface area contributed by atoms with Gasteiger partial charge in [0.15, 0.2) is 0 Å². The summed E-state index contributed by atoms with van der Waals surface area (Å²) in [6, 6.07) is -0.985. The molecule has 2 atom stereocenters. The number of carboxylic acid groups (broad SMARTS) is 1. The van der Waals surface area contributed by atoms with E-state index in [4.69, 9.17) is 0 Å². The highest BCUT2D eigenvalue weighted by Crippen LogP contribution is 2.13. The minimum Gasteiger partial charge on any atom is -0.477 e. The van der Waals surface area contributed by atoms with Crippen LogP contribution in [0.1, 0.15) is 97.3 Å². The topological polar surface area (TPSA) is 66.4 Å². The zero-order valence-corrected chi connectivity index (χ0v) is 20.9. The van der Waals surface area contributed by atoms with Crippen molar-refractivity contribution in [2.24, 2.45) is 0 Å². The van der Waals surface area contributed by atoms with Crippen LogP contribution in [-0.2, 0) is 9.59 Å². The summed E-state index contributed by atoms with van der Waals surface area (Å²) in [5.41, 5.74) is 0. The molecule has 0 aliphatic carbocycles. The fourth-order valence-electron chi connectivity index (χ4n) is 3.82. The number of carboxylic acids is 1. The molecular formula is C26H49N2O3+. The van der Waals surface area contributed by atoms with E-state index < -0.39 is 12.0 Å². The van der Waals surface area contributed by atoms with E-state index in [9.17, 15) is 14.7 Å². The van der Waals surface area contributed by atoms with E-state index in [1.807, 2.05) is 28.1 Å². The van der Waals surface area contributed by atoms with Crippen molar-refractivity contribution in [3.05, 3.63) is 24.3 Å². The van der Waals surface area contributed by atoms with Crippen molar-refractivity contribution in [2.45, 2.75) is 109 Å². The number of unbranched alkanes of at least 4 members (excludes halogenated alkanes) is 8. The zero-order chi connectivity index (χ0) is 23.5. The summed E-state index contributed by atoms with van der Waals surface area (Å²) in [4.78, 5) is 23.9. The summed E-state index contributed by atoms with van der Waals surface area (Å²) >= 11 is 0. The smallest absolute Gasteiger partial charge is 0.364 e. The maximum Gasteiger partial charge on any atom is 0.364 e. The van der Waals surface area contributed by atoms with Gasteiger partial charge in [-0.2, -0.15) is 0 Å². The first-order chi connectivity index (χ1) is 14.7. The number of carbonyl (C=O) groups excluding carboxylic acids is 1. The number of hydrogen-bond acceptors (Lipinski definition) is 2. The molecule has 0 bridgehead atoms. The first kappa shape index (κ1) is 29.4. The lowest BCUT2D eigenvalue weighted by atomic mass is 10.0. The predicted molar refractivity (Wildman–Crippen MR) is 131 cm³/mol. The number of nitrogens with zero attached hydrogens (tertiary/aromatic N) is 1. The molecule has 0 heterocycles. The lowest BCUT2D eigenvalue weighted by Gasteiger charge is -2.36. The molecule has 5 nitrogen and oxygen atoms in total. The molecule has 2 unspecified atom stereocenters. The molecule has 180 valence electrons. The molecule has 5 heteroatoms. The first-order valence-corrected chi connectivity index (χ1v) is 12.4. The number of aliphatic carboxylic acids is 1. The zero-order valence-electron chi connectivity index (χ0n) is 20.9. The molecule has 1 amide bonds. The molecular weight excluding hydrogens is 388 g/mol. The van der Waals surface area contributed by atoms with Gasteiger partial charge in [0.05, 0.1) is 27.2 Å². The normalized spacial score (nSPS) is 14.2. The van der Waals surface area contributed by atoms with Crippen LogP contribution in [0.3, 0.4) is 0 Å². The summed E-state index contributed by atoms with van der Waals surface area (Å²) in [7, 11) is 5.57. The van der Waals surface area contributed by atoms with Gasteiger partial charge in [-0.05, 0) is 44.9 Å². The van der Waals surface area contributed by atoms with Gasteiger partial charge in [-0.3, -0.25) is 4.79 Å². The molecule has 0 saturated heterocycles. The Bertz CT molecular complexity index is 535. The molecule has 0 aromatic heterocycles. The molecule has 0 aromatic rings. The van der Waals surface area contributed by atoms with E-state index in [0.717, 1.165) is 32.1 Å². The number of nitrogens with one attached hydrogen (secondary N) is 1. The van der Waals surface area contributed by atoms with Crippen LogP contribution in [0.15, 0.2) is 24.3 Å². The maximum atomic E-state index is 12.3. The van der Waals surface area contributed by atoms with Crippen LogP contribution in [0, 0.1) is 0 Å². The summed E-state index contributed by atoms with van der Waals surface area (Å²) in [5.74, 6) is -0.895. The van der Waals surface area contributed by atoms with E-state index in [-0.39, 0.29) is 16.4 Å². The van der Waals surface area contributed by atoms with E-state index in [1.165, 1.54) is 38.5 Å². The van der Waals surface area contributed by atoms with Gasteiger partial charge in [0, 0.05) is 6.42 Å². The monoisotopic (exact) mass is 437 g/mol. The molecule has 0 aliphatic rings. The van der Waals surface area contributed by atoms with Gasteiger partial charge in [0.2, 0.25) is 11.9 Å². The number of hydrogen-bond donors (Lipinski definition) is 2. The van der Waals surface area contributed by atoms with Crippen LogP contribution in [0.4, 0.5) is 0 Å². The van der Waals surface area contributed by atoms with Crippen LogP contribution in [0.25, 0.3) is 0 Å². The summed E-state index contributed by atoms with van der Waals surface area (Å²) in [6.45, 7) is 4.16. The molecule has 31 heavy (non-hydrogen) atoms. The molecule has 0 saturated carbocycles. The van der Waals surface area contributed by atoms with Crippen LogP contribution in [0.2, 0.25) is 0 Å². The Hall–Kier alpha value is -1.62. The lowest BCUT2D eigenvalue weighted by molar-refractivity contribution is -0.888. The maximum absolute atomic E-state index is 12.3. The number of likely N-dealkylation sites (N-methyl/N-ethyl adjacent to an activating group) is 1. The van der Waals surface area contributed by atoms with E-state index in [0.29, 0.717) is 12.8 Å². The number of allylic oxidation sites excluding steroid dienone is 4. The average molecular weight is 438 g/mol. The summed E-state index contributed by atoms with van der Waals surface area (Å²) in [6.07, 6.45) is 22.9. The van der Waals surface area contributed by atoms with Crippen molar-refractivity contribution in [3.63, 3.8) is 0 Å². The molecule has 2 N–H and O–H groups in total. The number of amides is 1. The van der Waals surface area contributed by atoms with Crippen molar-refractivity contribution in [2.75, 3.05) is 21.1 Å². The SMILES string of the molecule is CCCCCC=CCC=CCCCCCCCC(=O)NC(CC)C(C(=O)O)[N+](C)(C)C. The third-order valence-electron chi connectivity index (χ3n) is 5.61. The molecule has 0 aliphatic heterocycles. The predicted octanol–water partition coefficient (Wildman–Crippen LogP) is 5.85. The minimum absolute atomic E-state index is 0.0303. The van der Waals surface area contributed by atoms with Gasteiger partial charge in [-0.15, -0.1) is 0 Å². The van der Waals surface area contributed by atoms with Gasteiger partial charge in [-0.25, -0.2) is 4.79 Å². The van der Waals surface area contributed by atoms with Crippen LogP contribution >= 0.6 is 0 Å². The van der Waals surface area contributed by atoms with Crippen molar-refractivity contribution < 1.29 is 19.2 Å². The number of quaternary nitrogens is 1. The van der Waals surface area contributed by atoms with Crippen LogP contribution < -0.4 is 5.32 Å². The fourth-order valence-corrected chi connectivity index (χ4v) is 3.82. The van der Waals surface area contributed by atoms with Gasteiger partial charge < -0.3 is 14.9 Å². The molecule has 0 radical (unpaired) electrons. The largest absolute Gasteiger partial charge is 0.477 e. The minimum atomic E-state index is -0.864. The second-order valence-corrected chi connectivity index (χ2v) is 9.46. The molecule has 0 rings (SSSR count). The Balaban J connectivity index is 3.86. The van der Waals surface area contributed by atoms with Gasteiger partial charge >= 0.3 is 5.97 Å². The molecule has 0 aromatic carbocycles. The summed E-state index contributed by atoms with van der Waals surface area (Å²) < 4.78 is 0.289. The Labute approximate surface area is 191 Å². The Morgan fingerprint density at radius 1 is 0.839 bits per heavy atom. The highest BCUT2D eigenvalue weighted by molar-refractivity contribution is 5.78. The van der Waals surface area contributed by atoms with Crippen LogP contribution in [-0.4, -0.2) is 54.7 Å². The number of carbonyl (C=O) groups is 2. The van der Waals surface area contributed by atoms with Crippen molar-refractivity contribution in [1.29, 1.82) is 0 Å². The summed E-state index contributed by atoms with van der Waals surface area (Å²) in [5, 5.41) is 12.5. The van der Waals surface area contributed by atoms with Crippen molar-refractivity contribution in [1.82, 2.24) is 5.32 Å². The Morgan fingerprint density at radius 3 is 1.90 bits per heavy atom. The van der Waals surface area contributed by atoms with E-state index >= 15 is 0 Å². The second kappa shape index (κ2) is 18.0. The standard InChI is InChI=1S/C26H48N2O3/c1-6-8-9-10-11-12-13-14-15-16-17-18-19-20-21-22-24(29)27-23(7-2)25(26(30)31)28(3,4)5/h11-12,14-15,23,25H,6-10,13,16-22H2,1-5H3,(H-,27,29,30,31)/p+1. The quantitative estimate of drug-likeness (QED) is 0.151. The van der Waals surface area contributed by atoms with Gasteiger partial charge in [0.1, 0.15) is 0 Å². The Kier molecular flexibility index (Phi) is 17.1. The lowest BCUT2D eigenvalue weighted by Crippen LogP contribution is -2.60. The molecule has 0 spiro atoms. The third kappa shape index (κ3) is 15.8. The first-order valence-electron chi connectivity index (χ1n) is 12.4. The third-order valence-corrected chi connectivity index (χ3v) is 5.61. The van der Waals surface area contributed by atoms with Crippen molar-refractivity contribution >= 4 is 11.9 Å². The average Bonchev–Trinajstić information content (AvgIpc) is 2.69. The Morgan fingerprint density at radius 2 is 1.39 bits per heavy atom. The molecule has 0 fully saturated rings. The highest BCUT2D eigenvalue weighted by Gasteiger charge is 2.39. The van der Waals surface area contributed by atoms with E-state index in [2.05, 4.69) is 36.5 Å². The second-order valence-electron chi connectivity index (χ2n) is 9.46. The van der Waals surface area contributed by atoms with Gasteiger partial charge in [-0.1, -0.05) is 70.3 Å². The van der Waals surface area contributed by atoms with Gasteiger partial charge in [0.25, 0.3) is 0 Å². The van der Waals surface area contributed by atoms with E-state index in [1.54, 1.807) is 0 Å². The fraction of sp³-hybridized carbons (Fsp3) is 0.769. The van der Waals surface area contributed by atoms with Crippen molar-refractivity contribution in [3.8, 4) is 0 Å². The number of rotatable bonds is 19. The highest BCUT2D eigenvalue weighted by atomic mass is 16.4.